The number of benzene rings is 9. The van der Waals surface area contributed by atoms with Crippen molar-refractivity contribution in [3.63, 3.8) is 0 Å². The summed E-state index contributed by atoms with van der Waals surface area (Å²) in [4.78, 5) is 0. The van der Waals surface area contributed by atoms with Crippen LogP contribution in [-0.2, 0) is 68.7 Å². The number of hydrogen-bond donors (Lipinski definition) is 3. The van der Waals surface area contributed by atoms with Crippen LogP contribution in [0, 0.1) is 0 Å². The van der Waals surface area contributed by atoms with E-state index in [1.807, 2.05) is 0 Å². The molecule has 0 aromatic heterocycles. The molecule has 0 radical (unpaired) electrons. The topological polar surface area (TPSA) is 116 Å². The summed E-state index contributed by atoms with van der Waals surface area (Å²) >= 11 is 0. The van der Waals surface area contributed by atoms with Gasteiger partial charge >= 0.3 is 0 Å². The van der Waals surface area contributed by atoms with Gasteiger partial charge in [0.05, 0.1) is 26.4 Å². The maximum Gasteiger partial charge on any atom is 0.128 e. The van der Waals surface area contributed by atoms with Gasteiger partial charge in [-0.1, -0.05) is 225 Å². The van der Waals surface area contributed by atoms with Gasteiger partial charge < -0.3 is 43.7 Å². The molecule has 9 aromatic carbocycles. The highest BCUT2D eigenvalue weighted by molar-refractivity contribution is 6.09. The van der Waals surface area contributed by atoms with Crippen molar-refractivity contribution in [3.8, 4) is 51.4 Å². The molecule has 9 heteroatoms. The maximum absolute atomic E-state index is 13.0. The van der Waals surface area contributed by atoms with E-state index in [1.54, 1.807) is 0 Å². The minimum Gasteiger partial charge on any atom is -0.507 e. The first-order chi connectivity index (χ1) is 43.5. The predicted molar refractivity (Wildman–Crippen MR) is 375 cm³/mol. The maximum atomic E-state index is 13.0. The zero-order valence-electron chi connectivity index (χ0n) is 57.2. The summed E-state index contributed by atoms with van der Waals surface area (Å²) in [5, 5.41) is 42.9. The zero-order valence-corrected chi connectivity index (χ0v) is 57.2. The Kier molecular flexibility index (Phi) is 18.4. The van der Waals surface area contributed by atoms with Crippen molar-refractivity contribution in [3.05, 3.63) is 217 Å². The van der Waals surface area contributed by atoms with Crippen molar-refractivity contribution in [1.82, 2.24) is 0 Å². The molecule has 9 nitrogen and oxygen atoms in total. The van der Waals surface area contributed by atoms with Gasteiger partial charge in [0.1, 0.15) is 66.7 Å². The van der Waals surface area contributed by atoms with E-state index in [-0.39, 0.29) is 96.8 Å². The fraction of sp³-hybridized carbons (Fsp3) is 0.398. The third kappa shape index (κ3) is 14.3. The fourth-order valence-corrected chi connectivity index (χ4v) is 13.0. The quantitative estimate of drug-likeness (QED) is 0.136. The van der Waals surface area contributed by atoms with E-state index in [4.69, 9.17) is 28.4 Å². The molecule has 11 rings (SSSR count). The van der Waals surface area contributed by atoms with E-state index >= 15 is 0 Å². The standard InChI is InChI=1S/C83H96O9/c1-79(2,3)63-41-53-36-55-43-64(80(4,5)6)45-57(75(55)85)38-59-47-66(82(10,11)12)49-61-40-62-50-67(83(13,14)15)48-60(39-58-46-65(81(7,8)9)44-56(76(58)86)37-54(42-63)74(53)84)78(62)92-35-31-88-29-33-90-71-27-25-52-21-17-19-23-69(52)73(71)72-68-22-18-16-20-51(68)24-26-70(72)89-32-28-87-30-34-91-77(59)61/h16-27,41-50,84-86H,28-40H2,1-15H3. The third-order valence-corrected chi connectivity index (χ3v) is 18.5. The normalized spacial score (nSPS) is 15.2. The average molecular weight is 1240 g/mol. The van der Waals surface area contributed by atoms with Crippen LogP contribution in [0.25, 0.3) is 32.7 Å². The number of rotatable bonds is 0. The summed E-state index contributed by atoms with van der Waals surface area (Å²) in [5.41, 5.74) is 14.0. The second kappa shape index (κ2) is 25.8. The van der Waals surface area contributed by atoms with Crippen LogP contribution in [0.2, 0.25) is 0 Å². The summed E-state index contributed by atoms with van der Waals surface area (Å²) in [6.45, 7) is 35.4. The van der Waals surface area contributed by atoms with Gasteiger partial charge in [0, 0.05) is 43.2 Å². The van der Waals surface area contributed by atoms with Gasteiger partial charge in [0.2, 0.25) is 0 Å². The summed E-state index contributed by atoms with van der Waals surface area (Å²) < 4.78 is 41.0. The van der Waals surface area contributed by atoms with E-state index < -0.39 is 0 Å². The third-order valence-electron chi connectivity index (χ3n) is 18.5. The molecule has 0 amide bonds. The molecule has 92 heavy (non-hydrogen) atoms. The molecule has 1 aliphatic carbocycles. The van der Waals surface area contributed by atoms with Crippen LogP contribution in [0.5, 0.6) is 40.2 Å². The molecule has 482 valence electrons. The lowest BCUT2D eigenvalue weighted by Gasteiger charge is -2.28. The van der Waals surface area contributed by atoms with Gasteiger partial charge in [-0.2, -0.15) is 0 Å². The second-order valence-corrected chi connectivity index (χ2v) is 30.7. The van der Waals surface area contributed by atoms with E-state index in [2.05, 4.69) is 237 Å². The Labute approximate surface area is 546 Å². The Bertz CT molecular complexity index is 3950. The molecule has 0 fully saturated rings. The first-order valence-corrected chi connectivity index (χ1v) is 33.1. The van der Waals surface area contributed by atoms with Crippen LogP contribution in [0.15, 0.2) is 133 Å². The van der Waals surface area contributed by atoms with Crippen LogP contribution < -0.4 is 18.9 Å². The molecule has 0 saturated heterocycles. The average Bonchev–Trinajstić information content (AvgIpc) is 0.769. The number of phenols is 3. The van der Waals surface area contributed by atoms with Crippen LogP contribution in [0.1, 0.15) is 187 Å². The van der Waals surface area contributed by atoms with Gasteiger partial charge in [-0.25, -0.2) is 0 Å². The van der Waals surface area contributed by atoms with Gasteiger partial charge in [0.15, 0.2) is 0 Å². The van der Waals surface area contributed by atoms with Crippen LogP contribution in [-0.4, -0.2) is 68.2 Å². The smallest absolute Gasteiger partial charge is 0.128 e. The van der Waals surface area contributed by atoms with Crippen molar-refractivity contribution in [2.24, 2.45) is 0 Å². The Hall–Kier alpha value is -7.98. The second-order valence-electron chi connectivity index (χ2n) is 30.7. The number of fused-ring (bicyclic) bond motifs is 13. The molecule has 2 aliphatic rings. The summed E-state index contributed by atoms with van der Waals surface area (Å²) in [7, 11) is 0. The largest absolute Gasteiger partial charge is 0.507 e. The number of ether oxygens (including phenoxy) is 6. The molecule has 0 saturated carbocycles. The van der Waals surface area contributed by atoms with Crippen LogP contribution >= 0.6 is 0 Å². The lowest BCUT2D eigenvalue weighted by Crippen LogP contribution is -2.18. The van der Waals surface area contributed by atoms with E-state index in [9.17, 15) is 15.3 Å². The Balaban J connectivity index is 1.12. The van der Waals surface area contributed by atoms with E-state index in [0.717, 1.165) is 128 Å². The molecule has 0 unspecified atom stereocenters. The van der Waals surface area contributed by atoms with Crippen molar-refractivity contribution in [1.29, 1.82) is 0 Å². The highest BCUT2D eigenvalue weighted by atomic mass is 16.6. The van der Waals surface area contributed by atoms with Crippen molar-refractivity contribution in [2.75, 3.05) is 52.9 Å². The predicted octanol–water partition coefficient (Wildman–Crippen LogP) is 18.8. The number of aromatic hydroxyl groups is 3. The molecule has 12 bridgehead atoms. The van der Waals surface area contributed by atoms with Crippen LogP contribution in [0.4, 0.5) is 0 Å². The first kappa shape index (κ1) is 65.5. The summed E-state index contributed by atoms with van der Waals surface area (Å²) in [5.74, 6) is 3.41. The van der Waals surface area contributed by atoms with Crippen LogP contribution in [0.3, 0.4) is 0 Å². The molecule has 1 aliphatic heterocycles. The van der Waals surface area contributed by atoms with Gasteiger partial charge in [-0.15, -0.1) is 0 Å². The van der Waals surface area contributed by atoms with Crippen molar-refractivity contribution < 1.29 is 43.7 Å². The highest BCUT2D eigenvalue weighted by Crippen LogP contribution is 2.48. The van der Waals surface area contributed by atoms with Crippen molar-refractivity contribution in [2.45, 2.75) is 163 Å². The Morgan fingerprint density at radius 2 is 0.511 bits per heavy atom. The molecule has 0 atom stereocenters. The van der Waals surface area contributed by atoms with Crippen molar-refractivity contribution >= 4 is 21.5 Å². The highest BCUT2D eigenvalue weighted by Gasteiger charge is 2.30. The number of phenolic OH excluding ortho intramolecular Hbond substituents is 3. The monoisotopic (exact) mass is 1240 g/mol. The van der Waals surface area contributed by atoms with Gasteiger partial charge in [0.25, 0.3) is 0 Å². The SMILES string of the molecule is CC(C)(C)c1cc2c(O)c(c1)Cc1cc(C(C)(C)C)cc(c1O)Cc1cc(C(C)(C)C)cc3c1OCCOCCOc1ccc4ccccc4c1-c1c(ccc4ccccc14)OCCOCCOc1c(cc(C(C)(C)C)cc1C3)Cc1cc(C(C)(C)C)cc(c1O)C2. The Morgan fingerprint density at radius 1 is 0.272 bits per heavy atom. The molecule has 1 heterocycles. The van der Waals surface area contributed by atoms with E-state index in [1.165, 1.54) is 0 Å². The number of hydrogen-bond acceptors (Lipinski definition) is 9. The Morgan fingerprint density at radius 3 is 0.793 bits per heavy atom. The zero-order chi connectivity index (χ0) is 65.7. The lowest BCUT2D eigenvalue weighted by atomic mass is 9.79. The van der Waals surface area contributed by atoms with Gasteiger partial charge in [-0.05, 0) is 144 Å². The van der Waals surface area contributed by atoms with E-state index in [0.29, 0.717) is 43.6 Å². The fourth-order valence-electron chi connectivity index (χ4n) is 13.0. The summed E-state index contributed by atoms with van der Waals surface area (Å²) in [6, 6.07) is 47.0. The molecule has 9 aromatic rings. The minimum absolute atomic E-state index is 0.153. The molecule has 0 spiro atoms. The minimum atomic E-state index is -0.298. The first-order valence-electron chi connectivity index (χ1n) is 33.1. The summed E-state index contributed by atoms with van der Waals surface area (Å²) in [6.07, 6.45) is 1.71. The van der Waals surface area contributed by atoms with Gasteiger partial charge in [-0.3, -0.25) is 0 Å². The lowest BCUT2D eigenvalue weighted by molar-refractivity contribution is 0.0760. The molecule has 3 N–H and O–H groups in total. The molecular formula is C83H96O9. The molecular weight excluding hydrogens is 1140 g/mol.